The van der Waals surface area contributed by atoms with Gasteiger partial charge in [0.1, 0.15) is 17.7 Å². The molecule has 0 spiro atoms. The van der Waals surface area contributed by atoms with Crippen molar-refractivity contribution >= 4 is 27.7 Å². The molecular weight excluding hydrogens is 426 g/mol. The molecule has 1 amide bonds. The predicted molar refractivity (Wildman–Crippen MR) is 134 cm³/mol. The number of benzene rings is 3. The molecule has 1 unspecified atom stereocenters. The van der Waals surface area contributed by atoms with Crippen LogP contribution in [0.5, 0.6) is 5.75 Å². The SMILES string of the molecule is O=C(NCCCc1nc2ccccc2n1CCCOc1cccc2ccccc12)C1CCCO1. The summed E-state index contributed by atoms with van der Waals surface area (Å²) >= 11 is 0. The third-order valence-electron chi connectivity index (χ3n) is 6.37. The summed E-state index contributed by atoms with van der Waals surface area (Å²) < 4.78 is 13.9. The highest BCUT2D eigenvalue weighted by Gasteiger charge is 2.22. The second-order valence-electron chi connectivity index (χ2n) is 8.74. The molecule has 0 radical (unpaired) electrons. The summed E-state index contributed by atoms with van der Waals surface area (Å²) in [6.45, 7) is 2.79. The maximum absolute atomic E-state index is 12.2. The van der Waals surface area contributed by atoms with Crippen molar-refractivity contribution in [2.24, 2.45) is 0 Å². The summed E-state index contributed by atoms with van der Waals surface area (Å²) in [6, 6.07) is 22.7. The average molecular weight is 458 g/mol. The third-order valence-corrected chi connectivity index (χ3v) is 6.37. The smallest absolute Gasteiger partial charge is 0.249 e. The number of aromatic nitrogens is 2. The molecule has 0 saturated carbocycles. The molecule has 1 aliphatic heterocycles. The molecule has 1 aromatic heterocycles. The van der Waals surface area contributed by atoms with Crippen molar-refractivity contribution in [3.63, 3.8) is 0 Å². The second-order valence-corrected chi connectivity index (χ2v) is 8.74. The van der Waals surface area contributed by atoms with Gasteiger partial charge in [-0.1, -0.05) is 48.5 Å². The van der Waals surface area contributed by atoms with Crippen molar-refractivity contribution < 1.29 is 14.3 Å². The molecule has 6 nitrogen and oxygen atoms in total. The Morgan fingerprint density at radius 1 is 1.06 bits per heavy atom. The van der Waals surface area contributed by atoms with E-state index in [1.54, 1.807) is 0 Å². The first-order valence-electron chi connectivity index (χ1n) is 12.2. The number of imidazole rings is 1. The zero-order chi connectivity index (χ0) is 23.2. The van der Waals surface area contributed by atoms with Gasteiger partial charge in [0.2, 0.25) is 5.91 Å². The summed E-state index contributed by atoms with van der Waals surface area (Å²) in [6.07, 6.45) is 4.05. The number of hydrogen-bond donors (Lipinski definition) is 1. The van der Waals surface area contributed by atoms with Crippen molar-refractivity contribution in [1.29, 1.82) is 0 Å². The van der Waals surface area contributed by atoms with Crippen LogP contribution in [0.15, 0.2) is 66.7 Å². The van der Waals surface area contributed by atoms with Gasteiger partial charge in [-0.05, 0) is 49.3 Å². The van der Waals surface area contributed by atoms with Crippen molar-refractivity contribution in [1.82, 2.24) is 14.9 Å². The molecule has 1 fully saturated rings. The van der Waals surface area contributed by atoms with Crippen molar-refractivity contribution in [2.75, 3.05) is 19.8 Å². The van der Waals surface area contributed by atoms with E-state index in [2.05, 4.69) is 46.3 Å². The van der Waals surface area contributed by atoms with Crippen LogP contribution in [0.25, 0.3) is 21.8 Å². The van der Waals surface area contributed by atoms with Crippen molar-refractivity contribution in [3.05, 3.63) is 72.6 Å². The highest BCUT2D eigenvalue weighted by Crippen LogP contribution is 2.25. The monoisotopic (exact) mass is 457 g/mol. The number of nitrogens with one attached hydrogen (secondary N) is 1. The van der Waals surface area contributed by atoms with Crippen LogP contribution < -0.4 is 10.1 Å². The summed E-state index contributed by atoms with van der Waals surface area (Å²) in [5.74, 6) is 1.99. The average Bonchev–Trinajstić information content (AvgIpc) is 3.53. The number of ether oxygens (including phenoxy) is 2. The largest absolute Gasteiger partial charge is 0.493 e. The van der Waals surface area contributed by atoms with Crippen LogP contribution in [0.1, 0.15) is 31.5 Å². The van der Waals surface area contributed by atoms with Gasteiger partial charge in [-0.2, -0.15) is 0 Å². The number of hydrogen-bond acceptors (Lipinski definition) is 4. The van der Waals surface area contributed by atoms with E-state index in [4.69, 9.17) is 14.5 Å². The number of aryl methyl sites for hydroxylation is 2. The van der Waals surface area contributed by atoms with Crippen LogP contribution in [0.2, 0.25) is 0 Å². The Bertz CT molecular complexity index is 1250. The molecule has 2 heterocycles. The van der Waals surface area contributed by atoms with Crippen LogP contribution >= 0.6 is 0 Å². The minimum Gasteiger partial charge on any atom is -0.493 e. The van der Waals surface area contributed by atoms with E-state index in [1.165, 1.54) is 5.39 Å². The van der Waals surface area contributed by atoms with E-state index in [-0.39, 0.29) is 12.0 Å². The van der Waals surface area contributed by atoms with Gasteiger partial charge in [0.25, 0.3) is 0 Å². The van der Waals surface area contributed by atoms with E-state index in [9.17, 15) is 4.79 Å². The zero-order valence-electron chi connectivity index (χ0n) is 19.4. The van der Waals surface area contributed by atoms with Gasteiger partial charge in [-0.15, -0.1) is 0 Å². The zero-order valence-corrected chi connectivity index (χ0v) is 19.4. The Balaban J connectivity index is 1.18. The van der Waals surface area contributed by atoms with Gasteiger partial charge in [-0.3, -0.25) is 4.79 Å². The number of rotatable bonds is 10. The molecular formula is C28H31N3O3. The van der Waals surface area contributed by atoms with Crippen molar-refractivity contribution in [2.45, 2.75) is 44.8 Å². The maximum atomic E-state index is 12.2. The quantitative estimate of drug-likeness (QED) is 0.345. The molecule has 6 heteroatoms. The van der Waals surface area contributed by atoms with E-state index < -0.39 is 0 Å². The van der Waals surface area contributed by atoms with Gasteiger partial charge < -0.3 is 19.4 Å². The van der Waals surface area contributed by atoms with Crippen LogP contribution in [-0.2, 0) is 22.5 Å². The Morgan fingerprint density at radius 2 is 1.91 bits per heavy atom. The Morgan fingerprint density at radius 3 is 2.82 bits per heavy atom. The molecule has 0 bridgehead atoms. The summed E-state index contributed by atoms with van der Waals surface area (Å²) in [7, 11) is 0. The Kier molecular flexibility index (Phi) is 7.05. The highest BCUT2D eigenvalue weighted by molar-refractivity contribution is 5.88. The molecule has 1 N–H and O–H groups in total. The number of nitrogens with zero attached hydrogens (tertiary/aromatic N) is 2. The fraction of sp³-hybridized carbons (Fsp3) is 0.357. The first kappa shape index (κ1) is 22.4. The standard InChI is InChI=1S/C28H31N3O3/c32-28(26-15-7-19-34-26)29-17-6-16-27-30-23-12-3-4-13-24(23)31(27)18-8-20-33-25-14-5-10-21-9-1-2-11-22(21)25/h1-5,9-14,26H,6-8,15-20H2,(H,29,32). The highest BCUT2D eigenvalue weighted by atomic mass is 16.5. The number of amides is 1. The van der Waals surface area contributed by atoms with Crippen LogP contribution in [0.3, 0.4) is 0 Å². The lowest BCUT2D eigenvalue weighted by atomic mass is 10.1. The first-order valence-corrected chi connectivity index (χ1v) is 12.2. The minimum absolute atomic E-state index is 0.0107. The molecule has 34 heavy (non-hydrogen) atoms. The Hall–Kier alpha value is -3.38. The fourth-order valence-corrected chi connectivity index (χ4v) is 4.65. The van der Waals surface area contributed by atoms with Crippen LogP contribution in [-0.4, -0.2) is 41.3 Å². The van der Waals surface area contributed by atoms with Gasteiger partial charge in [0, 0.05) is 31.5 Å². The first-order chi connectivity index (χ1) is 16.8. The predicted octanol–water partition coefficient (Wildman–Crippen LogP) is 4.89. The van der Waals surface area contributed by atoms with Crippen molar-refractivity contribution in [3.8, 4) is 5.75 Å². The lowest BCUT2D eigenvalue weighted by molar-refractivity contribution is -0.130. The third kappa shape index (κ3) is 5.07. The number of carbonyl (C=O) groups is 1. The van der Waals surface area contributed by atoms with Gasteiger partial charge >= 0.3 is 0 Å². The molecule has 5 rings (SSSR count). The normalized spacial score (nSPS) is 15.7. The van der Waals surface area contributed by atoms with Crippen LogP contribution in [0, 0.1) is 0 Å². The molecule has 176 valence electrons. The Labute approximate surface area is 199 Å². The number of fused-ring (bicyclic) bond motifs is 2. The lowest BCUT2D eigenvalue weighted by Crippen LogP contribution is -2.34. The van der Waals surface area contributed by atoms with E-state index in [0.29, 0.717) is 19.8 Å². The maximum Gasteiger partial charge on any atom is 0.249 e. The number of carbonyl (C=O) groups excluding carboxylic acids is 1. The summed E-state index contributed by atoms with van der Waals surface area (Å²) in [5.41, 5.74) is 2.15. The minimum atomic E-state index is -0.272. The molecule has 1 atom stereocenters. The fourth-order valence-electron chi connectivity index (χ4n) is 4.65. The molecule has 3 aromatic carbocycles. The summed E-state index contributed by atoms with van der Waals surface area (Å²) in [4.78, 5) is 17.0. The second kappa shape index (κ2) is 10.7. The van der Waals surface area contributed by atoms with Gasteiger partial charge in [0.05, 0.1) is 17.6 Å². The molecule has 1 saturated heterocycles. The topological polar surface area (TPSA) is 65.4 Å². The molecule has 4 aromatic rings. The van der Waals surface area contributed by atoms with Crippen LogP contribution in [0.4, 0.5) is 0 Å². The number of para-hydroxylation sites is 2. The molecule has 0 aliphatic carbocycles. The van der Waals surface area contributed by atoms with Gasteiger partial charge in [-0.25, -0.2) is 4.98 Å². The summed E-state index contributed by atoms with van der Waals surface area (Å²) in [5, 5.41) is 5.34. The lowest BCUT2D eigenvalue weighted by Gasteiger charge is -2.12. The van der Waals surface area contributed by atoms with E-state index in [0.717, 1.165) is 66.6 Å². The van der Waals surface area contributed by atoms with Gasteiger partial charge in [0.15, 0.2) is 0 Å². The van der Waals surface area contributed by atoms with E-state index in [1.807, 2.05) is 30.3 Å². The molecule has 1 aliphatic rings. The van der Waals surface area contributed by atoms with E-state index >= 15 is 0 Å².